The van der Waals surface area contributed by atoms with Gasteiger partial charge in [-0.05, 0) is 46.4 Å². The molecule has 0 aliphatic carbocycles. The minimum absolute atomic E-state index is 0.0441. The first-order chi connectivity index (χ1) is 9.99. The van der Waals surface area contributed by atoms with E-state index in [2.05, 4.69) is 0 Å². The summed E-state index contributed by atoms with van der Waals surface area (Å²) in [5, 5.41) is 0. The zero-order valence-corrected chi connectivity index (χ0v) is 13.6. The van der Waals surface area contributed by atoms with Gasteiger partial charge >= 0.3 is 18.1 Å². The minimum Gasteiger partial charge on any atom is -0.419 e. The standard InChI is InChI=1S/C14H10F3IO4/c1-13(2)21-11(19)8(12(20)22-13)5-7-3-4-9(10(18)6-7)14(15,16)17/h3-6H,1-2H3. The molecule has 22 heavy (non-hydrogen) atoms. The van der Waals surface area contributed by atoms with Gasteiger partial charge in [0.2, 0.25) is 0 Å². The molecule has 0 saturated carbocycles. The maximum absolute atomic E-state index is 12.7. The highest BCUT2D eigenvalue weighted by Gasteiger charge is 2.39. The Bertz CT molecular complexity index is 655. The third-order valence-corrected chi connectivity index (χ3v) is 3.62. The molecule has 1 aromatic rings. The van der Waals surface area contributed by atoms with Crippen LogP contribution in [-0.4, -0.2) is 17.7 Å². The molecule has 1 aromatic carbocycles. The normalized spacial score (nSPS) is 17.8. The number of cyclic esters (lactones) is 2. The molecule has 4 nitrogen and oxygen atoms in total. The number of esters is 2. The van der Waals surface area contributed by atoms with Gasteiger partial charge in [0.1, 0.15) is 5.57 Å². The average Bonchev–Trinajstić information content (AvgIpc) is 2.31. The number of carbonyl (C=O) groups is 2. The lowest BCUT2D eigenvalue weighted by atomic mass is 10.1. The van der Waals surface area contributed by atoms with Crippen LogP contribution < -0.4 is 0 Å². The molecule has 0 radical (unpaired) electrons. The molecule has 1 fully saturated rings. The molecule has 0 N–H and O–H groups in total. The van der Waals surface area contributed by atoms with Gasteiger partial charge in [0.15, 0.2) is 0 Å². The molecule has 0 spiro atoms. The largest absolute Gasteiger partial charge is 0.419 e. The fourth-order valence-electron chi connectivity index (χ4n) is 1.80. The molecule has 0 atom stereocenters. The van der Waals surface area contributed by atoms with Crippen LogP contribution in [0.4, 0.5) is 13.2 Å². The molecule has 2 rings (SSSR count). The summed E-state index contributed by atoms with van der Waals surface area (Å²) in [5.41, 5.74) is -0.888. The molecular formula is C14H10F3IO4. The van der Waals surface area contributed by atoms with Crippen molar-refractivity contribution >= 4 is 40.6 Å². The van der Waals surface area contributed by atoms with Gasteiger partial charge in [-0.3, -0.25) is 0 Å². The lowest BCUT2D eigenvalue weighted by Crippen LogP contribution is -2.41. The predicted octanol–water partition coefficient (Wildman–Crippen LogP) is 3.53. The van der Waals surface area contributed by atoms with Gasteiger partial charge < -0.3 is 9.47 Å². The van der Waals surface area contributed by atoms with Crippen LogP contribution in [0.1, 0.15) is 25.0 Å². The maximum Gasteiger partial charge on any atom is 0.417 e. The Balaban J connectivity index is 2.36. The summed E-state index contributed by atoms with van der Waals surface area (Å²) in [5.74, 6) is -3.12. The van der Waals surface area contributed by atoms with E-state index in [4.69, 9.17) is 9.47 Å². The van der Waals surface area contributed by atoms with Crippen LogP contribution in [0.2, 0.25) is 0 Å². The molecule has 0 amide bonds. The lowest BCUT2D eigenvalue weighted by Gasteiger charge is -2.29. The third-order valence-electron chi connectivity index (χ3n) is 2.73. The Morgan fingerprint density at radius 2 is 1.68 bits per heavy atom. The number of rotatable bonds is 1. The summed E-state index contributed by atoms with van der Waals surface area (Å²) in [4.78, 5) is 23.5. The van der Waals surface area contributed by atoms with Gasteiger partial charge in [0.05, 0.1) is 5.56 Å². The number of benzene rings is 1. The Morgan fingerprint density at radius 1 is 1.14 bits per heavy atom. The van der Waals surface area contributed by atoms with E-state index in [1.807, 2.05) is 0 Å². The Kier molecular flexibility index (Phi) is 4.24. The fraction of sp³-hybridized carbons (Fsp3) is 0.286. The molecule has 0 aromatic heterocycles. The Hall–Kier alpha value is -1.58. The summed E-state index contributed by atoms with van der Waals surface area (Å²) in [6.45, 7) is 2.81. The summed E-state index contributed by atoms with van der Waals surface area (Å²) in [7, 11) is 0. The van der Waals surface area contributed by atoms with Crippen LogP contribution in [0, 0.1) is 3.57 Å². The monoisotopic (exact) mass is 426 g/mol. The van der Waals surface area contributed by atoms with Crippen molar-refractivity contribution in [1.82, 2.24) is 0 Å². The zero-order chi connectivity index (χ0) is 16.7. The third kappa shape index (κ3) is 3.60. The second kappa shape index (κ2) is 5.56. The number of hydrogen-bond donors (Lipinski definition) is 0. The molecule has 8 heteroatoms. The van der Waals surface area contributed by atoms with E-state index in [1.54, 1.807) is 0 Å². The second-order valence-corrected chi connectivity index (χ2v) is 6.14. The van der Waals surface area contributed by atoms with Crippen LogP contribution in [-0.2, 0) is 25.2 Å². The van der Waals surface area contributed by atoms with Crippen LogP contribution >= 0.6 is 22.6 Å². The number of carbonyl (C=O) groups excluding carboxylic acids is 2. The van der Waals surface area contributed by atoms with Crippen LogP contribution in [0.15, 0.2) is 23.8 Å². The van der Waals surface area contributed by atoms with Crippen LogP contribution in [0.25, 0.3) is 6.08 Å². The van der Waals surface area contributed by atoms with E-state index < -0.39 is 29.5 Å². The molecular weight excluding hydrogens is 416 g/mol. The van der Waals surface area contributed by atoms with Gasteiger partial charge in [-0.2, -0.15) is 13.2 Å². The first-order valence-corrected chi connectivity index (χ1v) is 7.12. The van der Waals surface area contributed by atoms with E-state index in [9.17, 15) is 22.8 Å². The highest BCUT2D eigenvalue weighted by Crippen LogP contribution is 2.33. The zero-order valence-electron chi connectivity index (χ0n) is 11.5. The SMILES string of the molecule is CC1(C)OC(=O)C(=Cc2ccc(C(F)(F)F)c(I)c2)C(=O)O1. The summed E-state index contributed by atoms with van der Waals surface area (Å²) in [6.07, 6.45) is -3.32. The second-order valence-electron chi connectivity index (χ2n) is 4.97. The summed E-state index contributed by atoms with van der Waals surface area (Å²) < 4.78 is 47.8. The summed E-state index contributed by atoms with van der Waals surface area (Å²) >= 11 is 1.54. The van der Waals surface area contributed by atoms with Crippen LogP contribution in [0.3, 0.4) is 0 Å². The number of hydrogen-bond acceptors (Lipinski definition) is 4. The summed E-state index contributed by atoms with van der Waals surface area (Å²) in [6, 6.07) is 3.27. The van der Waals surface area contributed by atoms with Crippen molar-refractivity contribution in [2.45, 2.75) is 25.8 Å². The average molecular weight is 426 g/mol. The highest BCUT2D eigenvalue weighted by atomic mass is 127. The van der Waals surface area contributed by atoms with E-state index in [1.165, 1.54) is 42.5 Å². The maximum atomic E-state index is 12.7. The van der Waals surface area contributed by atoms with Crippen molar-refractivity contribution in [3.8, 4) is 0 Å². The minimum atomic E-state index is -4.46. The highest BCUT2D eigenvalue weighted by molar-refractivity contribution is 14.1. The van der Waals surface area contributed by atoms with Gasteiger partial charge in [0.25, 0.3) is 5.79 Å². The van der Waals surface area contributed by atoms with E-state index >= 15 is 0 Å². The first-order valence-electron chi connectivity index (χ1n) is 6.05. The van der Waals surface area contributed by atoms with Gasteiger partial charge in [-0.25, -0.2) is 9.59 Å². The smallest absolute Gasteiger partial charge is 0.417 e. The number of alkyl halides is 3. The molecule has 0 bridgehead atoms. The van der Waals surface area contributed by atoms with Gasteiger partial charge in [0, 0.05) is 17.4 Å². The molecule has 0 unspecified atom stereocenters. The molecule has 1 aliphatic rings. The van der Waals surface area contributed by atoms with Crippen LogP contribution in [0.5, 0.6) is 0 Å². The van der Waals surface area contributed by atoms with Crippen molar-refractivity contribution in [3.63, 3.8) is 0 Å². The quantitative estimate of drug-likeness (QED) is 0.299. The Labute approximate surface area is 137 Å². The predicted molar refractivity (Wildman–Crippen MR) is 78.4 cm³/mol. The molecule has 1 aliphatic heterocycles. The number of ether oxygens (including phenoxy) is 2. The first kappa shape index (κ1) is 16.8. The van der Waals surface area contributed by atoms with Crippen molar-refractivity contribution in [2.24, 2.45) is 0 Å². The van der Waals surface area contributed by atoms with Crippen molar-refractivity contribution in [1.29, 1.82) is 0 Å². The Morgan fingerprint density at radius 3 is 2.14 bits per heavy atom. The topological polar surface area (TPSA) is 52.6 Å². The number of halogens is 4. The van der Waals surface area contributed by atoms with E-state index in [0.717, 1.165) is 18.2 Å². The van der Waals surface area contributed by atoms with E-state index in [-0.39, 0.29) is 14.7 Å². The lowest BCUT2D eigenvalue weighted by molar-refractivity contribution is -0.222. The van der Waals surface area contributed by atoms with Crippen molar-refractivity contribution in [2.75, 3.05) is 0 Å². The van der Waals surface area contributed by atoms with Crippen molar-refractivity contribution in [3.05, 3.63) is 38.5 Å². The van der Waals surface area contributed by atoms with E-state index in [0.29, 0.717) is 0 Å². The molecule has 1 saturated heterocycles. The molecule has 118 valence electrons. The van der Waals surface area contributed by atoms with Gasteiger partial charge in [-0.15, -0.1) is 0 Å². The molecule has 1 heterocycles. The van der Waals surface area contributed by atoms with Crippen molar-refractivity contribution < 1.29 is 32.2 Å². The van der Waals surface area contributed by atoms with Gasteiger partial charge in [-0.1, -0.05) is 6.07 Å². The fourth-order valence-corrected chi connectivity index (χ4v) is 2.64.